The number of aryl methyl sites for hydroxylation is 2. The summed E-state index contributed by atoms with van der Waals surface area (Å²) < 4.78 is 0. The van der Waals surface area contributed by atoms with Crippen LogP contribution < -0.4 is 10.6 Å². The Morgan fingerprint density at radius 2 is 1.45 bits per heavy atom. The minimum absolute atomic E-state index is 0.327. The van der Waals surface area contributed by atoms with Gasteiger partial charge in [-0.1, -0.05) is 29.3 Å². The third-order valence-corrected chi connectivity index (χ3v) is 3.68. The maximum Gasteiger partial charge on any atom is 0.323 e. The summed E-state index contributed by atoms with van der Waals surface area (Å²) in [5, 5.41) is 6.75. The van der Waals surface area contributed by atoms with Crippen molar-refractivity contribution in [3.63, 3.8) is 0 Å². The van der Waals surface area contributed by atoms with Crippen molar-refractivity contribution in [3.05, 3.63) is 57.6 Å². The van der Waals surface area contributed by atoms with Crippen LogP contribution >= 0.6 is 23.2 Å². The van der Waals surface area contributed by atoms with Gasteiger partial charge in [-0.15, -0.1) is 0 Å². The number of benzene rings is 2. The second-order valence-corrected chi connectivity index (χ2v) is 5.32. The van der Waals surface area contributed by atoms with Crippen molar-refractivity contribution in [2.75, 3.05) is 10.6 Å². The van der Waals surface area contributed by atoms with Gasteiger partial charge in [-0.2, -0.15) is 0 Å². The molecule has 0 saturated carbocycles. The molecule has 2 amide bonds. The lowest BCUT2D eigenvalue weighted by molar-refractivity contribution is 0.262. The van der Waals surface area contributed by atoms with Crippen molar-refractivity contribution in [1.29, 1.82) is 0 Å². The van der Waals surface area contributed by atoms with Crippen LogP contribution in [0.15, 0.2) is 36.4 Å². The summed E-state index contributed by atoms with van der Waals surface area (Å²) >= 11 is 11.9. The molecule has 0 spiro atoms. The molecule has 104 valence electrons. The van der Waals surface area contributed by atoms with Gasteiger partial charge in [-0.3, -0.25) is 0 Å². The molecule has 0 aromatic heterocycles. The Bertz CT molecular complexity index is 601. The summed E-state index contributed by atoms with van der Waals surface area (Å²) in [4.78, 5) is 11.9. The van der Waals surface area contributed by atoms with E-state index in [1.165, 1.54) is 0 Å². The Kier molecular flexibility index (Phi) is 4.53. The first-order chi connectivity index (χ1) is 9.45. The summed E-state index contributed by atoms with van der Waals surface area (Å²) in [5.74, 6) is 0. The van der Waals surface area contributed by atoms with Gasteiger partial charge in [0.05, 0.1) is 0 Å². The molecule has 3 nitrogen and oxygen atoms in total. The molecule has 0 unspecified atom stereocenters. The van der Waals surface area contributed by atoms with E-state index < -0.39 is 0 Å². The van der Waals surface area contributed by atoms with Crippen LogP contribution in [0.25, 0.3) is 0 Å². The highest BCUT2D eigenvalue weighted by Crippen LogP contribution is 2.21. The molecule has 0 saturated heterocycles. The normalized spacial score (nSPS) is 10.2. The number of rotatable bonds is 2. The minimum Gasteiger partial charge on any atom is -0.308 e. The van der Waals surface area contributed by atoms with E-state index in [-0.39, 0.29) is 6.03 Å². The Balaban J connectivity index is 2.04. The van der Waals surface area contributed by atoms with Gasteiger partial charge >= 0.3 is 6.03 Å². The van der Waals surface area contributed by atoms with E-state index >= 15 is 0 Å². The van der Waals surface area contributed by atoms with E-state index in [1.807, 2.05) is 26.0 Å². The molecule has 0 fully saturated rings. The summed E-state index contributed by atoms with van der Waals surface area (Å²) in [6.07, 6.45) is 0. The van der Waals surface area contributed by atoms with Crippen LogP contribution in [-0.2, 0) is 0 Å². The number of anilines is 2. The third-order valence-electron chi connectivity index (χ3n) is 2.85. The van der Waals surface area contributed by atoms with E-state index in [2.05, 4.69) is 10.6 Å². The topological polar surface area (TPSA) is 41.1 Å². The molecule has 0 radical (unpaired) electrons. The molecule has 20 heavy (non-hydrogen) atoms. The number of carbonyl (C=O) groups is 1. The molecule has 2 aromatic carbocycles. The van der Waals surface area contributed by atoms with Crippen LogP contribution in [0, 0.1) is 13.8 Å². The maximum absolute atomic E-state index is 11.9. The van der Waals surface area contributed by atoms with E-state index in [9.17, 15) is 4.79 Å². The van der Waals surface area contributed by atoms with Crippen LogP contribution in [-0.4, -0.2) is 6.03 Å². The summed E-state index contributed by atoms with van der Waals surface area (Å²) in [7, 11) is 0. The Morgan fingerprint density at radius 1 is 0.850 bits per heavy atom. The Morgan fingerprint density at radius 3 is 2.05 bits per heavy atom. The number of carbonyl (C=O) groups excluding carboxylic acids is 1. The van der Waals surface area contributed by atoms with Gasteiger partial charge in [0, 0.05) is 21.4 Å². The Hall–Kier alpha value is -1.71. The number of hydrogen-bond donors (Lipinski definition) is 2. The molecular weight excluding hydrogens is 295 g/mol. The fraction of sp³-hybridized carbons (Fsp3) is 0.133. The molecule has 0 aliphatic rings. The fourth-order valence-electron chi connectivity index (χ4n) is 1.69. The van der Waals surface area contributed by atoms with E-state index in [4.69, 9.17) is 23.2 Å². The van der Waals surface area contributed by atoms with Gasteiger partial charge in [0.2, 0.25) is 0 Å². The SMILES string of the molecule is Cc1cc(NC(=O)Nc2ccc(C)c(Cl)c2)ccc1Cl. The lowest BCUT2D eigenvalue weighted by atomic mass is 10.2. The van der Waals surface area contributed by atoms with E-state index in [0.29, 0.717) is 21.4 Å². The minimum atomic E-state index is -0.327. The highest BCUT2D eigenvalue weighted by atomic mass is 35.5. The zero-order valence-electron chi connectivity index (χ0n) is 11.1. The zero-order valence-corrected chi connectivity index (χ0v) is 12.6. The molecular formula is C15H14Cl2N2O. The van der Waals surface area contributed by atoms with Crippen molar-refractivity contribution in [1.82, 2.24) is 0 Å². The molecule has 0 heterocycles. The number of nitrogens with one attached hydrogen (secondary N) is 2. The quantitative estimate of drug-likeness (QED) is 0.781. The fourth-order valence-corrected chi connectivity index (χ4v) is 1.98. The lowest BCUT2D eigenvalue weighted by Crippen LogP contribution is -2.19. The first-order valence-electron chi connectivity index (χ1n) is 6.06. The highest BCUT2D eigenvalue weighted by molar-refractivity contribution is 6.32. The summed E-state index contributed by atoms with van der Waals surface area (Å²) in [6.45, 7) is 3.79. The predicted octanol–water partition coefficient (Wildman–Crippen LogP) is 5.25. The largest absolute Gasteiger partial charge is 0.323 e. The van der Waals surface area contributed by atoms with Gasteiger partial charge in [0.15, 0.2) is 0 Å². The van der Waals surface area contributed by atoms with Crippen LogP contribution in [0.3, 0.4) is 0 Å². The number of hydrogen-bond acceptors (Lipinski definition) is 1. The van der Waals surface area contributed by atoms with Crippen molar-refractivity contribution in [2.45, 2.75) is 13.8 Å². The molecule has 2 N–H and O–H groups in total. The van der Waals surface area contributed by atoms with Crippen LogP contribution in [0.4, 0.5) is 16.2 Å². The van der Waals surface area contributed by atoms with Crippen molar-refractivity contribution in [2.24, 2.45) is 0 Å². The summed E-state index contributed by atoms with van der Waals surface area (Å²) in [6, 6.07) is 10.3. The van der Waals surface area contributed by atoms with Crippen LogP contribution in [0.1, 0.15) is 11.1 Å². The summed E-state index contributed by atoms with van der Waals surface area (Å²) in [5.41, 5.74) is 3.19. The monoisotopic (exact) mass is 308 g/mol. The highest BCUT2D eigenvalue weighted by Gasteiger charge is 2.05. The lowest BCUT2D eigenvalue weighted by Gasteiger charge is -2.09. The second kappa shape index (κ2) is 6.16. The molecule has 2 aromatic rings. The van der Waals surface area contributed by atoms with E-state index in [1.54, 1.807) is 24.3 Å². The molecule has 2 rings (SSSR count). The van der Waals surface area contributed by atoms with Gasteiger partial charge in [-0.25, -0.2) is 4.79 Å². The number of halogens is 2. The molecule has 0 aliphatic carbocycles. The van der Waals surface area contributed by atoms with E-state index in [0.717, 1.165) is 11.1 Å². The van der Waals surface area contributed by atoms with Gasteiger partial charge in [0.25, 0.3) is 0 Å². The first kappa shape index (κ1) is 14.7. The number of amides is 2. The van der Waals surface area contributed by atoms with Gasteiger partial charge in [-0.05, 0) is 55.3 Å². The van der Waals surface area contributed by atoms with Gasteiger partial charge < -0.3 is 10.6 Å². The maximum atomic E-state index is 11.9. The van der Waals surface area contributed by atoms with Gasteiger partial charge in [0.1, 0.15) is 0 Å². The molecule has 0 bridgehead atoms. The first-order valence-corrected chi connectivity index (χ1v) is 6.81. The second-order valence-electron chi connectivity index (χ2n) is 4.51. The van der Waals surface area contributed by atoms with Crippen LogP contribution in [0.2, 0.25) is 10.0 Å². The third kappa shape index (κ3) is 3.65. The molecule has 0 atom stereocenters. The van der Waals surface area contributed by atoms with Crippen LogP contribution in [0.5, 0.6) is 0 Å². The average Bonchev–Trinajstić information content (AvgIpc) is 2.38. The Labute approximate surface area is 127 Å². The average molecular weight is 309 g/mol. The zero-order chi connectivity index (χ0) is 14.7. The smallest absolute Gasteiger partial charge is 0.308 e. The predicted molar refractivity (Wildman–Crippen MR) is 85.0 cm³/mol. The van der Waals surface area contributed by atoms with Crippen molar-refractivity contribution >= 4 is 40.6 Å². The standard InChI is InChI=1S/C15H14Cl2N2O/c1-9-3-4-12(8-14(9)17)19-15(20)18-11-5-6-13(16)10(2)7-11/h3-8H,1-2H3,(H2,18,19,20). The van der Waals surface area contributed by atoms with Crippen molar-refractivity contribution < 1.29 is 4.79 Å². The molecule has 5 heteroatoms. The van der Waals surface area contributed by atoms with Crippen molar-refractivity contribution in [3.8, 4) is 0 Å². The number of urea groups is 1. The molecule has 0 aliphatic heterocycles.